The molecule has 0 aliphatic carbocycles. The van der Waals surface area contributed by atoms with Gasteiger partial charge in [-0.15, -0.1) is 0 Å². The molecule has 0 bridgehead atoms. The van der Waals surface area contributed by atoms with Crippen LogP contribution in [0.4, 0.5) is 0 Å². The molecule has 0 radical (unpaired) electrons. The standard InChI is InChI=1S/C20H43NO.2H3N.H3O4P/c1-4-5-6-7-8-9-10-11-12-13-14-15-16-17-18-19(22)20(2,3)21;;;1-5(2,3)4/h19,22H,4-18,21H2,1-3H3;2*1H3;(H3,1,2,3,4). The lowest BCUT2D eigenvalue weighted by atomic mass is 9.94. The van der Waals surface area contributed by atoms with Crippen LogP contribution in [0.25, 0.3) is 0 Å². The second-order valence-corrected chi connectivity index (χ2v) is 9.26. The topological polar surface area (TPSA) is 194 Å². The fraction of sp³-hybridized carbons (Fsp3) is 1.00. The second kappa shape index (κ2) is 22.6. The van der Waals surface area contributed by atoms with Gasteiger partial charge in [0.15, 0.2) is 0 Å². The SMILES string of the molecule is CCCCCCCCCCCCCCCCC(O)C(C)(C)N.N.N.O=P(O)(O)O. The van der Waals surface area contributed by atoms with Crippen molar-refractivity contribution in [1.29, 1.82) is 0 Å². The van der Waals surface area contributed by atoms with E-state index in [1.807, 2.05) is 13.8 Å². The Morgan fingerprint density at radius 1 is 0.724 bits per heavy atom. The molecule has 0 rings (SSSR count). The van der Waals surface area contributed by atoms with Crippen LogP contribution in [0.3, 0.4) is 0 Å². The Morgan fingerprint density at radius 2 is 0.966 bits per heavy atom. The molecule has 0 aromatic heterocycles. The normalized spacial score (nSPS) is 12.3. The molecule has 0 aromatic carbocycles. The Morgan fingerprint density at radius 3 is 1.21 bits per heavy atom. The monoisotopic (exact) mass is 445 g/mol. The van der Waals surface area contributed by atoms with Gasteiger partial charge in [-0.1, -0.05) is 96.8 Å². The minimum atomic E-state index is -4.64. The van der Waals surface area contributed by atoms with Gasteiger partial charge in [0.05, 0.1) is 6.10 Å². The van der Waals surface area contributed by atoms with Gasteiger partial charge in [-0.05, 0) is 20.3 Å². The largest absolute Gasteiger partial charge is 0.466 e. The van der Waals surface area contributed by atoms with Crippen molar-refractivity contribution in [3.05, 3.63) is 0 Å². The van der Waals surface area contributed by atoms with Gasteiger partial charge >= 0.3 is 7.82 Å². The molecule has 0 aliphatic rings. The maximum absolute atomic E-state index is 9.85. The van der Waals surface area contributed by atoms with Gasteiger partial charge in [-0.2, -0.15) is 0 Å². The number of hydrogen-bond acceptors (Lipinski definition) is 5. The zero-order valence-electron chi connectivity index (χ0n) is 19.3. The van der Waals surface area contributed by atoms with Crippen molar-refractivity contribution in [1.82, 2.24) is 12.3 Å². The van der Waals surface area contributed by atoms with Crippen LogP contribution in [0.5, 0.6) is 0 Å². The number of aliphatic hydroxyl groups is 1. The molecule has 12 N–H and O–H groups in total. The van der Waals surface area contributed by atoms with Crippen LogP contribution in [0.15, 0.2) is 0 Å². The van der Waals surface area contributed by atoms with E-state index < -0.39 is 13.4 Å². The summed E-state index contributed by atoms with van der Waals surface area (Å²) in [5, 5.41) is 9.85. The summed E-state index contributed by atoms with van der Waals surface area (Å²) in [5.74, 6) is 0. The van der Waals surface area contributed by atoms with Crippen LogP contribution in [-0.2, 0) is 4.57 Å². The molecule has 182 valence electrons. The van der Waals surface area contributed by atoms with E-state index in [0.29, 0.717) is 0 Å². The summed E-state index contributed by atoms with van der Waals surface area (Å²) in [5.41, 5.74) is 5.44. The van der Waals surface area contributed by atoms with E-state index in [4.69, 9.17) is 25.0 Å². The third kappa shape index (κ3) is 39.1. The minimum absolute atomic E-state index is 0. The zero-order valence-corrected chi connectivity index (χ0v) is 20.2. The van der Waals surface area contributed by atoms with Gasteiger partial charge < -0.3 is 37.8 Å². The predicted octanol–water partition coefficient (Wildman–Crippen LogP) is 5.35. The van der Waals surface area contributed by atoms with Crippen molar-refractivity contribution in [3.63, 3.8) is 0 Å². The van der Waals surface area contributed by atoms with Crippen molar-refractivity contribution in [2.24, 2.45) is 5.73 Å². The van der Waals surface area contributed by atoms with Gasteiger partial charge in [0.1, 0.15) is 0 Å². The van der Waals surface area contributed by atoms with Crippen molar-refractivity contribution in [2.45, 2.75) is 129 Å². The van der Waals surface area contributed by atoms with E-state index in [0.717, 1.165) is 12.8 Å². The fourth-order valence-electron chi connectivity index (χ4n) is 2.90. The molecule has 8 nitrogen and oxygen atoms in total. The third-order valence-electron chi connectivity index (χ3n) is 4.69. The van der Waals surface area contributed by atoms with Crippen molar-refractivity contribution in [2.75, 3.05) is 0 Å². The van der Waals surface area contributed by atoms with Gasteiger partial charge in [0.2, 0.25) is 0 Å². The molecule has 9 heteroatoms. The summed E-state index contributed by atoms with van der Waals surface area (Å²) in [6, 6.07) is 0. The van der Waals surface area contributed by atoms with E-state index in [9.17, 15) is 5.11 Å². The van der Waals surface area contributed by atoms with Gasteiger partial charge in [-0.25, -0.2) is 4.57 Å². The number of unbranched alkanes of at least 4 members (excludes halogenated alkanes) is 13. The van der Waals surface area contributed by atoms with Crippen LogP contribution in [-0.4, -0.2) is 31.4 Å². The Bertz CT molecular complexity index is 354. The second-order valence-electron chi connectivity index (χ2n) is 8.24. The highest BCUT2D eigenvalue weighted by atomic mass is 31.2. The zero-order chi connectivity index (χ0) is 21.2. The summed E-state index contributed by atoms with van der Waals surface area (Å²) in [6.07, 6.45) is 19.7. The predicted molar refractivity (Wildman–Crippen MR) is 124 cm³/mol. The summed E-state index contributed by atoms with van der Waals surface area (Å²) < 4.78 is 8.88. The molecule has 0 spiro atoms. The lowest BCUT2D eigenvalue weighted by Crippen LogP contribution is -2.44. The highest BCUT2D eigenvalue weighted by Crippen LogP contribution is 2.25. The minimum Gasteiger partial charge on any atom is -0.391 e. The highest BCUT2D eigenvalue weighted by molar-refractivity contribution is 7.45. The average molecular weight is 446 g/mol. The first-order valence-corrected chi connectivity index (χ1v) is 12.3. The lowest BCUT2D eigenvalue weighted by Gasteiger charge is -2.25. The van der Waals surface area contributed by atoms with Crippen molar-refractivity contribution >= 4 is 7.82 Å². The van der Waals surface area contributed by atoms with Gasteiger partial charge in [-0.3, -0.25) is 0 Å². The van der Waals surface area contributed by atoms with E-state index >= 15 is 0 Å². The first-order valence-electron chi connectivity index (χ1n) is 10.7. The van der Waals surface area contributed by atoms with E-state index in [-0.39, 0.29) is 18.4 Å². The third-order valence-corrected chi connectivity index (χ3v) is 4.69. The van der Waals surface area contributed by atoms with Crippen molar-refractivity contribution < 1.29 is 24.4 Å². The molecular formula is C20H52N3O5P. The molecule has 0 heterocycles. The molecule has 1 unspecified atom stereocenters. The number of nitrogens with two attached hydrogens (primary N) is 1. The molecular weight excluding hydrogens is 393 g/mol. The number of phosphoric acid groups is 1. The molecule has 0 saturated heterocycles. The quantitative estimate of drug-likeness (QED) is 0.122. The average Bonchev–Trinajstić information content (AvgIpc) is 2.52. The Hall–Kier alpha value is -0.0500. The van der Waals surface area contributed by atoms with E-state index in [1.54, 1.807) is 0 Å². The van der Waals surface area contributed by atoms with E-state index in [1.165, 1.54) is 83.5 Å². The number of aliphatic hydroxyl groups excluding tert-OH is 1. The molecule has 0 amide bonds. The van der Waals surface area contributed by atoms with Crippen LogP contribution >= 0.6 is 7.82 Å². The van der Waals surface area contributed by atoms with Gasteiger partial charge in [0, 0.05) is 5.54 Å². The summed E-state index contributed by atoms with van der Waals surface area (Å²) in [4.78, 5) is 21.6. The molecule has 0 aromatic rings. The first kappa shape index (κ1) is 36.3. The van der Waals surface area contributed by atoms with Crippen LogP contribution in [0.1, 0.15) is 117 Å². The molecule has 0 saturated carbocycles. The number of hydrogen-bond donors (Lipinski definition) is 7. The summed E-state index contributed by atoms with van der Waals surface area (Å²) >= 11 is 0. The maximum atomic E-state index is 9.85. The van der Waals surface area contributed by atoms with E-state index in [2.05, 4.69) is 6.92 Å². The highest BCUT2D eigenvalue weighted by Gasteiger charge is 2.21. The van der Waals surface area contributed by atoms with Crippen molar-refractivity contribution in [3.8, 4) is 0 Å². The van der Waals surface area contributed by atoms with Crippen LogP contribution < -0.4 is 18.0 Å². The van der Waals surface area contributed by atoms with Crippen LogP contribution in [0.2, 0.25) is 0 Å². The Kier molecular flexibility index (Phi) is 28.4. The Balaban J connectivity index is -0.000000396. The number of rotatable bonds is 16. The van der Waals surface area contributed by atoms with Gasteiger partial charge in [0.25, 0.3) is 0 Å². The Labute approximate surface area is 179 Å². The molecule has 0 aliphatic heterocycles. The fourth-order valence-corrected chi connectivity index (χ4v) is 2.90. The first-order chi connectivity index (χ1) is 12.5. The maximum Gasteiger partial charge on any atom is 0.466 e. The summed E-state index contributed by atoms with van der Waals surface area (Å²) in [7, 11) is -4.64. The molecule has 29 heavy (non-hydrogen) atoms. The van der Waals surface area contributed by atoms with Crippen LogP contribution in [0, 0.1) is 0 Å². The summed E-state index contributed by atoms with van der Waals surface area (Å²) in [6.45, 7) is 6.09. The smallest absolute Gasteiger partial charge is 0.391 e. The molecule has 0 fully saturated rings. The lowest BCUT2D eigenvalue weighted by molar-refractivity contribution is 0.0925. The molecule has 1 atom stereocenters.